The fourth-order valence-corrected chi connectivity index (χ4v) is 1.19. The second kappa shape index (κ2) is 4.94. The molecule has 15 heavy (non-hydrogen) atoms. The van der Waals surface area contributed by atoms with Crippen LogP contribution in [0.2, 0.25) is 0 Å². The van der Waals surface area contributed by atoms with Gasteiger partial charge in [-0.3, -0.25) is 4.79 Å². The SMILES string of the molecule is CC(C)(CNCc1ccccc1)C(=O)O. The van der Waals surface area contributed by atoms with Crippen molar-refractivity contribution in [1.82, 2.24) is 5.32 Å². The molecule has 0 aliphatic carbocycles. The maximum absolute atomic E-state index is 10.8. The summed E-state index contributed by atoms with van der Waals surface area (Å²) in [5.74, 6) is -0.775. The summed E-state index contributed by atoms with van der Waals surface area (Å²) >= 11 is 0. The predicted molar refractivity (Wildman–Crippen MR) is 59.6 cm³/mol. The molecule has 0 aliphatic rings. The molecule has 82 valence electrons. The first-order valence-electron chi connectivity index (χ1n) is 5.00. The van der Waals surface area contributed by atoms with Gasteiger partial charge in [0.05, 0.1) is 5.41 Å². The van der Waals surface area contributed by atoms with Gasteiger partial charge in [0.15, 0.2) is 0 Å². The highest BCUT2D eigenvalue weighted by atomic mass is 16.4. The van der Waals surface area contributed by atoms with Gasteiger partial charge in [-0.2, -0.15) is 0 Å². The Morgan fingerprint density at radius 2 is 1.93 bits per heavy atom. The van der Waals surface area contributed by atoms with Crippen LogP contribution >= 0.6 is 0 Å². The minimum atomic E-state index is -0.775. The number of carboxylic acid groups (broad SMARTS) is 1. The second-order valence-corrected chi connectivity index (χ2v) is 4.28. The van der Waals surface area contributed by atoms with Crippen molar-refractivity contribution in [2.75, 3.05) is 6.54 Å². The first-order valence-corrected chi connectivity index (χ1v) is 5.00. The Morgan fingerprint density at radius 3 is 2.47 bits per heavy atom. The molecule has 0 unspecified atom stereocenters. The number of aliphatic carboxylic acids is 1. The van der Waals surface area contributed by atoms with E-state index in [0.29, 0.717) is 13.1 Å². The summed E-state index contributed by atoms with van der Waals surface area (Å²) in [4.78, 5) is 10.8. The Hall–Kier alpha value is -1.35. The van der Waals surface area contributed by atoms with E-state index in [1.165, 1.54) is 5.56 Å². The predicted octanol–water partition coefficient (Wildman–Crippen LogP) is 1.89. The molecule has 1 rings (SSSR count). The first-order chi connectivity index (χ1) is 7.02. The van der Waals surface area contributed by atoms with E-state index >= 15 is 0 Å². The fraction of sp³-hybridized carbons (Fsp3) is 0.417. The van der Waals surface area contributed by atoms with Gasteiger partial charge in [0.25, 0.3) is 0 Å². The van der Waals surface area contributed by atoms with Crippen molar-refractivity contribution in [2.24, 2.45) is 5.41 Å². The molecular formula is C12H17NO2. The molecule has 0 atom stereocenters. The lowest BCUT2D eigenvalue weighted by Crippen LogP contribution is -2.35. The Bertz CT molecular complexity index is 320. The Morgan fingerprint density at radius 1 is 1.33 bits per heavy atom. The number of hydrogen-bond donors (Lipinski definition) is 2. The van der Waals surface area contributed by atoms with Crippen LogP contribution in [-0.2, 0) is 11.3 Å². The van der Waals surface area contributed by atoms with Crippen LogP contribution < -0.4 is 5.32 Å². The third-order valence-corrected chi connectivity index (χ3v) is 2.32. The minimum absolute atomic E-state index is 0.469. The molecule has 0 aromatic heterocycles. The highest BCUT2D eigenvalue weighted by Crippen LogP contribution is 2.13. The van der Waals surface area contributed by atoms with Gasteiger partial charge in [-0.15, -0.1) is 0 Å². The number of benzene rings is 1. The Labute approximate surface area is 90.1 Å². The molecular weight excluding hydrogens is 190 g/mol. The smallest absolute Gasteiger partial charge is 0.310 e. The molecule has 0 radical (unpaired) electrons. The third kappa shape index (κ3) is 3.72. The van der Waals surface area contributed by atoms with E-state index in [2.05, 4.69) is 5.32 Å². The lowest BCUT2D eigenvalue weighted by Gasteiger charge is -2.19. The number of hydrogen-bond acceptors (Lipinski definition) is 2. The number of nitrogens with one attached hydrogen (secondary N) is 1. The van der Waals surface area contributed by atoms with E-state index < -0.39 is 11.4 Å². The first kappa shape index (κ1) is 11.7. The van der Waals surface area contributed by atoms with Crippen molar-refractivity contribution < 1.29 is 9.90 Å². The third-order valence-electron chi connectivity index (χ3n) is 2.32. The van der Waals surface area contributed by atoms with Crippen molar-refractivity contribution in [3.63, 3.8) is 0 Å². The number of carboxylic acids is 1. The van der Waals surface area contributed by atoms with Crippen molar-refractivity contribution in [2.45, 2.75) is 20.4 Å². The van der Waals surface area contributed by atoms with E-state index in [-0.39, 0.29) is 0 Å². The monoisotopic (exact) mass is 207 g/mol. The molecule has 1 aromatic rings. The van der Waals surface area contributed by atoms with Crippen molar-refractivity contribution in [1.29, 1.82) is 0 Å². The van der Waals surface area contributed by atoms with E-state index in [4.69, 9.17) is 5.11 Å². The van der Waals surface area contributed by atoms with E-state index in [1.54, 1.807) is 13.8 Å². The van der Waals surface area contributed by atoms with Gasteiger partial charge in [-0.25, -0.2) is 0 Å². The van der Waals surface area contributed by atoms with E-state index in [0.717, 1.165) is 0 Å². The zero-order valence-electron chi connectivity index (χ0n) is 9.16. The van der Waals surface area contributed by atoms with Gasteiger partial charge in [0.1, 0.15) is 0 Å². The fourth-order valence-electron chi connectivity index (χ4n) is 1.19. The normalized spacial score (nSPS) is 11.3. The molecule has 0 saturated heterocycles. The van der Waals surface area contributed by atoms with Crippen LogP contribution in [0.1, 0.15) is 19.4 Å². The van der Waals surface area contributed by atoms with Crippen molar-refractivity contribution >= 4 is 5.97 Å². The number of rotatable bonds is 5. The molecule has 0 aliphatic heterocycles. The van der Waals surface area contributed by atoms with E-state index in [9.17, 15) is 4.79 Å². The summed E-state index contributed by atoms with van der Waals surface area (Å²) in [6.45, 7) is 4.61. The summed E-state index contributed by atoms with van der Waals surface area (Å²) < 4.78 is 0. The highest BCUT2D eigenvalue weighted by Gasteiger charge is 2.26. The molecule has 0 spiro atoms. The van der Waals surface area contributed by atoms with Crippen LogP contribution in [0.25, 0.3) is 0 Å². The molecule has 0 amide bonds. The summed E-state index contributed by atoms with van der Waals surface area (Å²) in [6.07, 6.45) is 0. The average molecular weight is 207 g/mol. The topological polar surface area (TPSA) is 49.3 Å². The Kier molecular flexibility index (Phi) is 3.86. The van der Waals surface area contributed by atoms with Gasteiger partial charge in [0, 0.05) is 13.1 Å². The maximum Gasteiger partial charge on any atom is 0.310 e. The summed E-state index contributed by atoms with van der Waals surface area (Å²) in [6, 6.07) is 9.94. The largest absolute Gasteiger partial charge is 0.481 e. The molecule has 2 N–H and O–H groups in total. The minimum Gasteiger partial charge on any atom is -0.481 e. The quantitative estimate of drug-likeness (QED) is 0.775. The number of carbonyl (C=O) groups is 1. The molecule has 0 saturated carbocycles. The molecule has 0 fully saturated rings. The van der Waals surface area contributed by atoms with Crippen LogP contribution in [-0.4, -0.2) is 17.6 Å². The van der Waals surface area contributed by atoms with Gasteiger partial charge in [-0.1, -0.05) is 30.3 Å². The molecule has 3 heteroatoms. The van der Waals surface area contributed by atoms with Gasteiger partial charge in [0.2, 0.25) is 0 Å². The summed E-state index contributed by atoms with van der Waals surface area (Å²) in [7, 11) is 0. The van der Waals surface area contributed by atoms with Crippen molar-refractivity contribution in [3.05, 3.63) is 35.9 Å². The van der Waals surface area contributed by atoms with Crippen molar-refractivity contribution in [3.8, 4) is 0 Å². The second-order valence-electron chi connectivity index (χ2n) is 4.28. The molecule has 0 bridgehead atoms. The lowest BCUT2D eigenvalue weighted by atomic mass is 9.94. The van der Waals surface area contributed by atoms with Crippen LogP contribution in [0, 0.1) is 5.41 Å². The van der Waals surface area contributed by atoms with Gasteiger partial charge < -0.3 is 10.4 Å². The Balaban J connectivity index is 2.37. The molecule has 3 nitrogen and oxygen atoms in total. The molecule has 1 aromatic carbocycles. The zero-order chi connectivity index (χ0) is 11.3. The van der Waals surface area contributed by atoms with Crippen LogP contribution in [0.4, 0.5) is 0 Å². The van der Waals surface area contributed by atoms with Crippen LogP contribution in [0.3, 0.4) is 0 Å². The zero-order valence-corrected chi connectivity index (χ0v) is 9.16. The van der Waals surface area contributed by atoms with E-state index in [1.807, 2.05) is 30.3 Å². The van der Waals surface area contributed by atoms with Gasteiger partial charge >= 0.3 is 5.97 Å². The summed E-state index contributed by atoms with van der Waals surface area (Å²) in [5.41, 5.74) is 0.452. The van der Waals surface area contributed by atoms with Gasteiger partial charge in [-0.05, 0) is 19.4 Å². The van der Waals surface area contributed by atoms with Crippen LogP contribution in [0.15, 0.2) is 30.3 Å². The molecule has 0 heterocycles. The summed E-state index contributed by atoms with van der Waals surface area (Å²) in [5, 5.41) is 12.0. The maximum atomic E-state index is 10.8. The standard InChI is InChI=1S/C12H17NO2/c1-12(2,11(14)15)9-13-8-10-6-4-3-5-7-10/h3-7,13H,8-9H2,1-2H3,(H,14,15). The lowest BCUT2D eigenvalue weighted by molar-refractivity contribution is -0.146. The average Bonchev–Trinajstić information content (AvgIpc) is 2.19. The van der Waals surface area contributed by atoms with Crippen LogP contribution in [0.5, 0.6) is 0 Å². The highest BCUT2D eigenvalue weighted by molar-refractivity contribution is 5.73.